The van der Waals surface area contributed by atoms with Crippen LogP contribution in [0.5, 0.6) is 0 Å². The summed E-state index contributed by atoms with van der Waals surface area (Å²) in [5.74, 6) is -0.672. The van der Waals surface area contributed by atoms with E-state index in [0.29, 0.717) is 19.4 Å². The van der Waals surface area contributed by atoms with Crippen molar-refractivity contribution in [2.75, 3.05) is 6.54 Å². The van der Waals surface area contributed by atoms with Crippen LogP contribution in [0.2, 0.25) is 0 Å². The van der Waals surface area contributed by atoms with Gasteiger partial charge in [0.25, 0.3) is 0 Å². The SMILES string of the molecule is Cc1ccc(S(=O)(=O)C(Cl)C(=O)[C@@H](N)CCCCN)cc1. The number of nitrogens with two attached hydrogens (primary N) is 2. The number of halogens is 1. The number of benzene rings is 1. The number of carbonyl (C=O) groups excluding carboxylic acids is 1. The lowest BCUT2D eigenvalue weighted by atomic mass is 10.1. The second kappa shape index (κ2) is 7.89. The molecule has 7 heteroatoms. The number of alkyl halides is 1. The molecule has 2 atom stereocenters. The first kappa shape index (κ1) is 18.1. The van der Waals surface area contributed by atoms with Crippen molar-refractivity contribution in [3.05, 3.63) is 29.8 Å². The highest BCUT2D eigenvalue weighted by molar-refractivity contribution is 7.94. The summed E-state index contributed by atoms with van der Waals surface area (Å²) in [6.07, 6.45) is 1.78. The van der Waals surface area contributed by atoms with Crippen molar-refractivity contribution in [2.45, 2.75) is 41.8 Å². The Bertz CT molecular complexity index is 572. The molecule has 21 heavy (non-hydrogen) atoms. The lowest BCUT2D eigenvalue weighted by molar-refractivity contribution is -0.118. The quantitative estimate of drug-likeness (QED) is 0.552. The first-order valence-corrected chi connectivity index (χ1v) is 8.73. The minimum atomic E-state index is -3.92. The summed E-state index contributed by atoms with van der Waals surface area (Å²) >= 11 is 5.86. The van der Waals surface area contributed by atoms with Crippen LogP contribution < -0.4 is 11.5 Å². The maximum absolute atomic E-state index is 12.3. The predicted molar refractivity (Wildman–Crippen MR) is 83.9 cm³/mol. The molecule has 0 amide bonds. The third-order valence-corrected chi connectivity index (χ3v) is 5.81. The number of hydrogen-bond donors (Lipinski definition) is 2. The molecular weight excluding hydrogens is 312 g/mol. The van der Waals surface area contributed by atoms with Gasteiger partial charge in [-0.15, -0.1) is 0 Å². The Morgan fingerprint density at radius 3 is 2.33 bits per heavy atom. The molecule has 0 saturated carbocycles. The van der Waals surface area contributed by atoms with E-state index >= 15 is 0 Å². The molecule has 1 unspecified atom stereocenters. The second-order valence-electron chi connectivity index (χ2n) is 4.97. The van der Waals surface area contributed by atoms with Gasteiger partial charge in [0.05, 0.1) is 10.9 Å². The van der Waals surface area contributed by atoms with Crippen molar-refractivity contribution < 1.29 is 13.2 Å². The van der Waals surface area contributed by atoms with E-state index in [1.807, 2.05) is 6.92 Å². The lowest BCUT2D eigenvalue weighted by Crippen LogP contribution is -2.39. The van der Waals surface area contributed by atoms with Crippen LogP contribution in [0, 0.1) is 6.92 Å². The Morgan fingerprint density at radius 2 is 1.81 bits per heavy atom. The van der Waals surface area contributed by atoms with Gasteiger partial charge >= 0.3 is 0 Å². The van der Waals surface area contributed by atoms with Gasteiger partial charge in [0.1, 0.15) is 0 Å². The standard InChI is InChI=1S/C14H21ClN2O3S/c1-10-5-7-11(8-6-10)21(19,20)14(15)13(18)12(17)4-2-3-9-16/h5-8,12,14H,2-4,9,16-17H2,1H3/t12-,14?/m0/s1. The van der Waals surface area contributed by atoms with E-state index in [0.717, 1.165) is 12.0 Å². The molecule has 0 heterocycles. The first-order chi connectivity index (χ1) is 9.80. The number of ketones is 1. The molecule has 0 radical (unpaired) electrons. The number of Topliss-reactive ketones (excluding diaryl/α,β-unsaturated/α-hetero) is 1. The molecule has 1 rings (SSSR count). The van der Waals surface area contributed by atoms with Gasteiger partial charge in [0.15, 0.2) is 10.5 Å². The van der Waals surface area contributed by atoms with E-state index in [1.165, 1.54) is 12.1 Å². The van der Waals surface area contributed by atoms with Gasteiger partial charge < -0.3 is 11.5 Å². The summed E-state index contributed by atoms with van der Waals surface area (Å²) < 4.78 is 22.9. The molecule has 0 aliphatic rings. The van der Waals surface area contributed by atoms with Crippen LogP contribution in [0.4, 0.5) is 0 Å². The summed E-state index contributed by atoms with van der Waals surface area (Å²) in [5, 5.41) is 0. The number of aryl methyl sites for hydroxylation is 1. The number of unbranched alkanes of at least 4 members (excludes halogenated alkanes) is 1. The Labute approximate surface area is 130 Å². The lowest BCUT2D eigenvalue weighted by Gasteiger charge is -2.15. The summed E-state index contributed by atoms with van der Waals surface area (Å²) in [4.78, 5) is 12.1. The van der Waals surface area contributed by atoms with E-state index in [1.54, 1.807) is 12.1 Å². The van der Waals surface area contributed by atoms with E-state index in [-0.39, 0.29) is 4.90 Å². The maximum Gasteiger partial charge on any atom is 0.202 e. The van der Waals surface area contributed by atoms with Gasteiger partial charge in [-0.05, 0) is 38.4 Å². The molecule has 4 N–H and O–H groups in total. The largest absolute Gasteiger partial charge is 0.330 e. The van der Waals surface area contributed by atoms with E-state index in [2.05, 4.69) is 0 Å². The van der Waals surface area contributed by atoms with Crippen LogP contribution in [0.15, 0.2) is 29.2 Å². The molecule has 0 aliphatic heterocycles. The normalized spacial score (nSPS) is 14.7. The first-order valence-electron chi connectivity index (χ1n) is 6.74. The topological polar surface area (TPSA) is 103 Å². The molecule has 0 fully saturated rings. The van der Waals surface area contributed by atoms with Crippen LogP contribution in [0.25, 0.3) is 0 Å². The summed E-state index contributed by atoms with van der Waals surface area (Å²) in [5.41, 5.74) is 12.0. The van der Waals surface area contributed by atoms with Crippen LogP contribution in [-0.2, 0) is 14.6 Å². The number of hydrogen-bond acceptors (Lipinski definition) is 5. The third kappa shape index (κ3) is 4.78. The van der Waals surface area contributed by atoms with Crippen LogP contribution in [0.1, 0.15) is 24.8 Å². The Kier molecular flexibility index (Phi) is 6.80. The van der Waals surface area contributed by atoms with Gasteiger partial charge in [-0.3, -0.25) is 4.79 Å². The zero-order valence-corrected chi connectivity index (χ0v) is 13.5. The minimum Gasteiger partial charge on any atom is -0.330 e. The zero-order chi connectivity index (χ0) is 16.0. The molecular formula is C14H21ClN2O3S. The average Bonchev–Trinajstić information content (AvgIpc) is 2.46. The van der Waals surface area contributed by atoms with Gasteiger partial charge in [0.2, 0.25) is 9.84 Å². The molecule has 1 aromatic rings. The predicted octanol–water partition coefficient (Wildman–Crippen LogP) is 1.36. The molecule has 0 aliphatic carbocycles. The summed E-state index contributed by atoms with van der Waals surface area (Å²) in [6, 6.07) is 5.30. The molecule has 0 aromatic heterocycles. The van der Waals surface area contributed by atoms with Gasteiger partial charge in [-0.1, -0.05) is 35.7 Å². The summed E-state index contributed by atoms with van der Waals surface area (Å²) in [6.45, 7) is 2.35. The molecule has 0 bridgehead atoms. The van der Waals surface area contributed by atoms with E-state index in [9.17, 15) is 13.2 Å². The van der Waals surface area contributed by atoms with Crippen molar-refractivity contribution in [2.24, 2.45) is 11.5 Å². The van der Waals surface area contributed by atoms with Crippen molar-refractivity contribution >= 4 is 27.2 Å². The summed E-state index contributed by atoms with van der Waals surface area (Å²) in [7, 11) is -3.92. The number of sulfone groups is 1. The van der Waals surface area contributed by atoms with Crippen molar-refractivity contribution in [3.8, 4) is 0 Å². The zero-order valence-electron chi connectivity index (χ0n) is 12.0. The van der Waals surface area contributed by atoms with Gasteiger partial charge in [-0.25, -0.2) is 8.42 Å². The Balaban J connectivity index is 2.83. The highest BCUT2D eigenvalue weighted by Gasteiger charge is 2.34. The smallest absolute Gasteiger partial charge is 0.202 e. The fourth-order valence-electron chi connectivity index (χ4n) is 1.82. The van der Waals surface area contributed by atoms with Crippen LogP contribution in [-0.4, -0.2) is 31.5 Å². The highest BCUT2D eigenvalue weighted by atomic mass is 35.5. The number of rotatable bonds is 8. The molecule has 0 spiro atoms. The average molecular weight is 333 g/mol. The van der Waals surface area contributed by atoms with Crippen molar-refractivity contribution in [3.63, 3.8) is 0 Å². The van der Waals surface area contributed by atoms with Gasteiger partial charge in [-0.2, -0.15) is 0 Å². The van der Waals surface area contributed by atoms with E-state index < -0.39 is 26.4 Å². The minimum absolute atomic E-state index is 0.0237. The maximum atomic E-state index is 12.3. The monoisotopic (exact) mass is 332 g/mol. The van der Waals surface area contributed by atoms with E-state index in [4.69, 9.17) is 23.1 Å². The van der Waals surface area contributed by atoms with Crippen molar-refractivity contribution in [1.29, 1.82) is 0 Å². The fourth-order valence-corrected chi connectivity index (χ4v) is 3.52. The molecule has 118 valence electrons. The Morgan fingerprint density at radius 1 is 1.24 bits per heavy atom. The highest BCUT2D eigenvalue weighted by Crippen LogP contribution is 2.21. The molecule has 1 aromatic carbocycles. The number of carbonyl (C=O) groups is 1. The third-order valence-electron chi connectivity index (χ3n) is 3.18. The van der Waals surface area contributed by atoms with Gasteiger partial charge in [0, 0.05) is 0 Å². The molecule has 5 nitrogen and oxygen atoms in total. The Hall–Kier alpha value is -0.950. The van der Waals surface area contributed by atoms with Crippen LogP contribution >= 0.6 is 11.6 Å². The van der Waals surface area contributed by atoms with Crippen LogP contribution in [0.3, 0.4) is 0 Å². The second-order valence-corrected chi connectivity index (χ2v) is 7.70. The van der Waals surface area contributed by atoms with Crippen molar-refractivity contribution in [1.82, 2.24) is 0 Å². The molecule has 0 saturated heterocycles. The fraction of sp³-hybridized carbons (Fsp3) is 0.500.